The molecule has 0 unspecified atom stereocenters. The maximum atomic E-state index is 5.71. The number of nitrogen functional groups attached to an aromatic ring is 1. The van der Waals surface area contributed by atoms with Gasteiger partial charge >= 0.3 is 0 Å². The van der Waals surface area contributed by atoms with Crippen LogP contribution in [0.3, 0.4) is 0 Å². The number of hydrogen-bond donors (Lipinski definition) is 1. The molecule has 1 rings (SSSR count). The van der Waals surface area contributed by atoms with E-state index in [1.54, 1.807) is 24.2 Å². The standard InChI is InChI=1S/C9H14N2OS/c1-2-12-5-6-13-9-3-4-11-7-8(9)10/h3-4,7H,2,5-6,10H2,1H3. The minimum atomic E-state index is 0.740. The maximum Gasteiger partial charge on any atom is 0.0638 e. The quantitative estimate of drug-likeness (QED) is 0.579. The zero-order chi connectivity index (χ0) is 9.52. The van der Waals surface area contributed by atoms with Gasteiger partial charge in [0.05, 0.1) is 18.5 Å². The summed E-state index contributed by atoms with van der Waals surface area (Å²) >= 11 is 1.70. The van der Waals surface area contributed by atoms with Gasteiger partial charge in [0.25, 0.3) is 0 Å². The Labute approximate surface area is 82.7 Å². The van der Waals surface area contributed by atoms with Gasteiger partial charge in [0, 0.05) is 23.5 Å². The molecule has 0 spiro atoms. The van der Waals surface area contributed by atoms with Crippen molar-refractivity contribution in [2.45, 2.75) is 11.8 Å². The van der Waals surface area contributed by atoms with Gasteiger partial charge in [0.1, 0.15) is 0 Å². The van der Waals surface area contributed by atoms with Crippen LogP contribution in [-0.2, 0) is 4.74 Å². The summed E-state index contributed by atoms with van der Waals surface area (Å²) in [7, 11) is 0. The van der Waals surface area contributed by atoms with Crippen molar-refractivity contribution in [1.82, 2.24) is 4.98 Å². The van der Waals surface area contributed by atoms with E-state index in [0.717, 1.165) is 29.5 Å². The first-order valence-electron chi connectivity index (χ1n) is 4.24. The van der Waals surface area contributed by atoms with Gasteiger partial charge in [-0.3, -0.25) is 4.98 Å². The van der Waals surface area contributed by atoms with Crippen molar-refractivity contribution in [3.63, 3.8) is 0 Å². The van der Waals surface area contributed by atoms with E-state index >= 15 is 0 Å². The third kappa shape index (κ3) is 3.65. The third-order valence-corrected chi connectivity index (χ3v) is 2.55. The van der Waals surface area contributed by atoms with Crippen LogP contribution in [0.4, 0.5) is 5.69 Å². The lowest BCUT2D eigenvalue weighted by Gasteiger charge is -2.03. The predicted octanol–water partition coefficient (Wildman–Crippen LogP) is 1.79. The zero-order valence-electron chi connectivity index (χ0n) is 7.69. The average Bonchev–Trinajstić information content (AvgIpc) is 2.15. The molecule has 0 atom stereocenters. The van der Waals surface area contributed by atoms with Gasteiger partial charge in [0.15, 0.2) is 0 Å². The summed E-state index contributed by atoms with van der Waals surface area (Å²) < 4.78 is 5.22. The maximum absolute atomic E-state index is 5.71. The molecule has 0 fully saturated rings. The molecule has 0 aliphatic rings. The Morgan fingerprint density at radius 2 is 2.46 bits per heavy atom. The lowest BCUT2D eigenvalue weighted by molar-refractivity contribution is 0.164. The SMILES string of the molecule is CCOCCSc1ccncc1N. The van der Waals surface area contributed by atoms with Crippen LogP contribution in [0.1, 0.15) is 6.92 Å². The van der Waals surface area contributed by atoms with Gasteiger partial charge in [-0.1, -0.05) is 0 Å². The first-order valence-corrected chi connectivity index (χ1v) is 5.23. The molecular weight excluding hydrogens is 184 g/mol. The van der Waals surface area contributed by atoms with Crippen LogP contribution in [0, 0.1) is 0 Å². The second-order valence-electron chi connectivity index (χ2n) is 2.46. The van der Waals surface area contributed by atoms with E-state index in [1.807, 2.05) is 13.0 Å². The van der Waals surface area contributed by atoms with Crippen molar-refractivity contribution >= 4 is 17.4 Å². The lowest BCUT2D eigenvalue weighted by atomic mass is 10.4. The Morgan fingerprint density at radius 3 is 3.15 bits per heavy atom. The first kappa shape index (κ1) is 10.3. The molecule has 0 amide bonds. The molecule has 4 heteroatoms. The number of rotatable bonds is 5. The molecule has 1 aromatic heterocycles. The summed E-state index contributed by atoms with van der Waals surface area (Å²) in [4.78, 5) is 5.00. The molecule has 1 aromatic rings. The summed E-state index contributed by atoms with van der Waals surface area (Å²) in [6.07, 6.45) is 3.42. The molecule has 13 heavy (non-hydrogen) atoms. The van der Waals surface area contributed by atoms with Crippen LogP contribution in [-0.4, -0.2) is 24.0 Å². The molecule has 0 aromatic carbocycles. The smallest absolute Gasteiger partial charge is 0.0638 e. The summed E-state index contributed by atoms with van der Waals surface area (Å²) in [5.74, 6) is 0.933. The summed E-state index contributed by atoms with van der Waals surface area (Å²) in [6, 6.07) is 1.92. The zero-order valence-corrected chi connectivity index (χ0v) is 8.51. The van der Waals surface area contributed by atoms with Crippen LogP contribution in [0.25, 0.3) is 0 Å². The highest BCUT2D eigenvalue weighted by Gasteiger charge is 1.97. The molecule has 72 valence electrons. The van der Waals surface area contributed by atoms with Crippen molar-refractivity contribution < 1.29 is 4.74 Å². The van der Waals surface area contributed by atoms with E-state index in [4.69, 9.17) is 10.5 Å². The van der Waals surface area contributed by atoms with E-state index in [2.05, 4.69) is 4.98 Å². The number of hydrogen-bond acceptors (Lipinski definition) is 4. The Hall–Kier alpha value is -0.740. The number of anilines is 1. The van der Waals surface area contributed by atoms with Crippen molar-refractivity contribution in [3.05, 3.63) is 18.5 Å². The van der Waals surface area contributed by atoms with Gasteiger partial charge in [-0.15, -0.1) is 11.8 Å². The van der Waals surface area contributed by atoms with Crippen molar-refractivity contribution in [3.8, 4) is 0 Å². The Kier molecular flexibility index (Phi) is 4.64. The van der Waals surface area contributed by atoms with Gasteiger partial charge < -0.3 is 10.5 Å². The van der Waals surface area contributed by atoms with Gasteiger partial charge in [0.2, 0.25) is 0 Å². The molecular formula is C9H14N2OS. The highest BCUT2D eigenvalue weighted by Crippen LogP contribution is 2.22. The van der Waals surface area contributed by atoms with Gasteiger partial charge in [-0.2, -0.15) is 0 Å². The summed E-state index contributed by atoms with van der Waals surface area (Å²) in [6.45, 7) is 3.53. The highest BCUT2D eigenvalue weighted by atomic mass is 32.2. The van der Waals surface area contributed by atoms with E-state index in [-0.39, 0.29) is 0 Å². The van der Waals surface area contributed by atoms with Gasteiger partial charge in [-0.25, -0.2) is 0 Å². The van der Waals surface area contributed by atoms with E-state index in [9.17, 15) is 0 Å². The fraction of sp³-hybridized carbons (Fsp3) is 0.444. The van der Waals surface area contributed by atoms with E-state index in [1.165, 1.54) is 0 Å². The normalized spacial score (nSPS) is 10.2. The Bertz CT molecular complexity index is 255. The molecule has 0 aliphatic heterocycles. The Morgan fingerprint density at radius 1 is 1.62 bits per heavy atom. The van der Waals surface area contributed by atoms with Crippen molar-refractivity contribution in [2.24, 2.45) is 0 Å². The third-order valence-electron chi connectivity index (χ3n) is 1.50. The minimum Gasteiger partial charge on any atom is -0.397 e. The second-order valence-corrected chi connectivity index (χ2v) is 3.60. The Balaban J connectivity index is 2.32. The van der Waals surface area contributed by atoms with Crippen molar-refractivity contribution in [2.75, 3.05) is 24.7 Å². The average molecular weight is 198 g/mol. The number of thioether (sulfide) groups is 1. The second kappa shape index (κ2) is 5.83. The van der Waals surface area contributed by atoms with Gasteiger partial charge in [-0.05, 0) is 13.0 Å². The molecule has 0 aliphatic carbocycles. The molecule has 0 radical (unpaired) electrons. The van der Waals surface area contributed by atoms with Crippen molar-refractivity contribution in [1.29, 1.82) is 0 Å². The van der Waals surface area contributed by atoms with Crippen LogP contribution in [0.15, 0.2) is 23.4 Å². The minimum absolute atomic E-state index is 0.740. The van der Waals surface area contributed by atoms with Crippen LogP contribution in [0.5, 0.6) is 0 Å². The monoisotopic (exact) mass is 198 g/mol. The summed E-state index contributed by atoms with van der Waals surface area (Å²) in [5, 5.41) is 0. The van der Waals surface area contributed by atoms with E-state index < -0.39 is 0 Å². The topological polar surface area (TPSA) is 48.1 Å². The fourth-order valence-electron chi connectivity index (χ4n) is 0.880. The van der Waals surface area contributed by atoms with Crippen LogP contribution in [0.2, 0.25) is 0 Å². The molecule has 2 N–H and O–H groups in total. The predicted molar refractivity (Wildman–Crippen MR) is 55.9 cm³/mol. The number of ether oxygens (including phenoxy) is 1. The number of nitrogens with zero attached hydrogens (tertiary/aromatic N) is 1. The molecule has 0 saturated carbocycles. The summed E-state index contributed by atoms with van der Waals surface area (Å²) in [5.41, 5.74) is 6.45. The lowest BCUT2D eigenvalue weighted by Crippen LogP contribution is -1.97. The molecule has 0 saturated heterocycles. The molecule has 3 nitrogen and oxygen atoms in total. The van der Waals surface area contributed by atoms with E-state index in [0.29, 0.717) is 0 Å². The largest absolute Gasteiger partial charge is 0.397 e. The molecule has 1 heterocycles. The number of pyridine rings is 1. The number of nitrogens with two attached hydrogens (primary N) is 1. The number of aromatic nitrogens is 1. The highest BCUT2D eigenvalue weighted by molar-refractivity contribution is 7.99. The van der Waals surface area contributed by atoms with Crippen LogP contribution < -0.4 is 5.73 Å². The van der Waals surface area contributed by atoms with Crippen LogP contribution >= 0.6 is 11.8 Å². The fourth-order valence-corrected chi connectivity index (χ4v) is 1.68. The first-order chi connectivity index (χ1) is 6.34. The molecule has 0 bridgehead atoms.